The third kappa shape index (κ3) is 4.82. The predicted molar refractivity (Wildman–Crippen MR) is 86.5 cm³/mol. The second-order valence-electron chi connectivity index (χ2n) is 5.06. The molecule has 0 saturated carbocycles. The van der Waals surface area contributed by atoms with Crippen molar-refractivity contribution < 1.29 is 9.84 Å². The minimum Gasteiger partial charge on any atom is -0.394 e. The lowest BCUT2D eigenvalue weighted by Crippen LogP contribution is -2.34. The molecule has 0 saturated heterocycles. The number of H-pyrrole nitrogens is 1. The number of aromatic nitrogens is 2. The Morgan fingerprint density at radius 1 is 1.33 bits per heavy atom. The first kappa shape index (κ1) is 17.5. The Labute approximate surface area is 136 Å². The van der Waals surface area contributed by atoms with Gasteiger partial charge in [0.1, 0.15) is 6.73 Å². The number of nitrogens with zero attached hydrogens (tertiary/aromatic N) is 4. The molecule has 0 aliphatic heterocycles. The summed E-state index contributed by atoms with van der Waals surface area (Å²) in [5, 5.41) is 12.5. The Morgan fingerprint density at radius 2 is 2.08 bits per heavy atom. The average molecular weight is 331 g/mol. The summed E-state index contributed by atoms with van der Waals surface area (Å²) >= 11 is 0. The van der Waals surface area contributed by atoms with Crippen LogP contribution in [-0.2, 0) is 17.9 Å². The number of hydrogen-bond acceptors (Lipinski definition) is 5. The van der Waals surface area contributed by atoms with Crippen molar-refractivity contribution in [1.82, 2.24) is 9.55 Å². The van der Waals surface area contributed by atoms with E-state index in [1.54, 1.807) is 0 Å². The second-order valence-corrected chi connectivity index (χ2v) is 5.06. The fourth-order valence-electron chi connectivity index (χ4n) is 2.07. The van der Waals surface area contributed by atoms with Gasteiger partial charge < -0.3 is 9.84 Å². The maximum atomic E-state index is 11.9. The van der Waals surface area contributed by atoms with Crippen LogP contribution in [0.4, 0.5) is 0 Å². The number of aromatic amines is 1. The van der Waals surface area contributed by atoms with Gasteiger partial charge in [-0.3, -0.25) is 14.3 Å². The summed E-state index contributed by atoms with van der Waals surface area (Å²) in [7, 11) is 0. The standard InChI is InChI=1S/C15H17N5O4/c16-19-17-7-13(9-21)24-10-20-8-12(14(22)18-15(20)23)6-11-4-2-1-3-5-11/h1-5,8,13,21H,6-7,9-10H2,(H,18,22,23). The molecule has 1 unspecified atom stereocenters. The largest absolute Gasteiger partial charge is 0.394 e. The quantitative estimate of drug-likeness (QED) is 0.420. The molecule has 2 rings (SSSR count). The first-order valence-electron chi connectivity index (χ1n) is 7.24. The molecular weight excluding hydrogens is 314 g/mol. The number of ether oxygens (including phenoxy) is 1. The lowest BCUT2D eigenvalue weighted by Gasteiger charge is -2.14. The Morgan fingerprint density at radius 3 is 2.75 bits per heavy atom. The number of aliphatic hydroxyl groups is 1. The zero-order valence-electron chi connectivity index (χ0n) is 12.8. The molecule has 0 spiro atoms. The van der Waals surface area contributed by atoms with Gasteiger partial charge in [0.2, 0.25) is 0 Å². The van der Waals surface area contributed by atoms with Gasteiger partial charge in [0.15, 0.2) is 0 Å². The summed E-state index contributed by atoms with van der Waals surface area (Å²) < 4.78 is 6.52. The van der Waals surface area contributed by atoms with Crippen molar-refractivity contribution in [3.8, 4) is 0 Å². The first-order valence-corrected chi connectivity index (χ1v) is 7.24. The molecule has 0 aliphatic carbocycles. The summed E-state index contributed by atoms with van der Waals surface area (Å²) in [6, 6.07) is 9.37. The van der Waals surface area contributed by atoms with Gasteiger partial charge in [0.05, 0.1) is 19.3 Å². The van der Waals surface area contributed by atoms with Crippen LogP contribution in [0, 0.1) is 0 Å². The Hall–Kier alpha value is -2.87. The van der Waals surface area contributed by atoms with Gasteiger partial charge in [-0.2, -0.15) is 0 Å². The lowest BCUT2D eigenvalue weighted by atomic mass is 10.1. The third-order valence-corrected chi connectivity index (χ3v) is 3.32. The molecule has 0 bridgehead atoms. The van der Waals surface area contributed by atoms with Crippen molar-refractivity contribution >= 4 is 0 Å². The monoisotopic (exact) mass is 331 g/mol. The van der Waals surface area contributed by atoms with E-state index in [1.807, 2.05) is 30.3 Å². The number of azide groups is 1. The van der Waals surface area contributed by atoms with Crippen molar-refractivity contribution in [2.45, 2.75) is 19.3 Å². The Kier molecular flexibility index (Phi) is 6.32. The number of nitrogens with one attached hydrogen (secondary N) is 1. The van der Waals surface area contributed by atoms with Crippen molar-refractivity contribution in [3.05, 3.63) is 78.9 Å². The zero-order valence-corrected chi connectivity index (χ0v) is 12.8. The first-order chi connectivity index (χ1) is 11.6. The molecule has 1 aromatic heterocycles. The smallest absolute Gasteiger partial charge is 0.330 e. The molecule has 0 radical (unpaired) electrons. The highest BCUT2D eigenvalue weighted by Crippen LogP contribution is 2.04. The van der Waals surface area contributed by atoms with E-state index >= 15 is 0 Å². The second kappa shape index (κ2) is 8.68. The third-order valence-electron chi connectivity index (χ3n) is 3.32. The minimum atomic E-state index is -0.725. The van der Waals surface area contributed by atoms with E-state index in [1.165, 1.54) is 10.8 Å². The van der Waals surface area contributed by atoms with Gasteiger partial charge in [-0.05, 0) is 11.1 Å². The maximum Gasteiger partial charge on any atom is 0.330 e. The van der Waals surface area contributed by atoms with Crippen LogP contribution in [-0.4, -0.2) is 33.9 Å². The average Bonchev–Trinajstić information content (AvgIpc) is 2.59. The molecule has 0 amide bonds. The number of rotatable bonds is 8. The highest BCUT2D eigenvalue weighted by atomic mass is 16.5. The van der Waals surface area contributed by atoms with Gasteiger partial charge in [-0.1, -0.05) is 35.4 Å². The Bertz CT molecular complexity index is 824. The number of hydrogen-bond donors (Lipinski definition) is 2. The van der Waals surface area contributed by atoms with Crippen LogP contribution < -0.4 is 11.2 Å². The number of benzene rings is 1. The van der Waals surface area contributed by atoms with Crippen molar-refractivity contribution in [2.75, 3.05) is 13.2 Å². The molecule has 0 fully saturated rings. The molecule has 0 aliphatic rings. The van der Waals surface area contributed by atoms with Crippen LogP contribution in [0.15, 0.2) is 51.2 Å². The molecule has 2 N–H and O–H groups in total. The van der Waals surface area contributed by atoms with E-state index < -0.39 is 17.4 Å². The molecule has 2 aromatic rings. The summed E-state index contributed by atoms with van der Waals surface area (Å²) in [5.41, 5.74) is 8.56. The fraction of sp³-hybridized carbons (Fsp3) is 0.333. The summed E-state index contributed by atoms with van der Waals surface area (Å²) in [5.74, 6) is 0. The van der Waals surface area contributed by atoms with E-state index in [0.29, 0.717) is 12.0 Å². The normalized spacial score (nSPS) is 11.7. The van der Waals surface area contributed by atoms with E-state index in [2.05, 4.69) is 15.0 Å². The van der Waals surface area contributed by atoms with E-state index in [0.717, 1.165) is 5.56 Å². The van der Waals surface area contributed by atoms with E-state index in [-0.39, 0.29) is 19.9 Å². The molecule has 24 heavy (non-hydrogen) atoms. The molecular formula is C15H17N5O4. The van der Waals surface area contributed by atoms with Crippen LogP contribution in [0.2, 0.25) is 0 Å². The molecule has 9 nitrogen and oxygen atoms in total. The highest BCUT2D eigenvalue weighted by Gasteiger charge is 2.10. The molecule has 1 atom stereocenters. The SMILES string of the molecule is [N-]=[N+]=NCC(CO)OCn1cc(Cc2ccccc2)c(=O)[nH]c1=O. The molecule has 1 aromatic carbocycles. The summed E-state index contributed by atoms with van der Waals surface area (Å²) in [4.78, 5) is 28.6. The molecule has 126 valence electrons. The topological polar surface area (TPSA) is 133 Å². The Balaban J connectivity index is 2.15. The van der Waals surface area contributed by atoms with Crippen LogP contribution in [0.5, 0.6) is 0 Å². The van der Waals surface area contributed by atoms with Gasteiger partial charge in [-0.15, -0.1) is 0 Å². The van der Waals surface area contributed by atoms with Crippen molar-refractivity contribution in [1.29, 1.82) is 0 Å². The molecule has 1 heterocycles. The van der Waals surface area contributed by atoms with Crippen LogP contribution in [0.1, 0.15) is 11.1 Å². The zero-order chi connectivity index (χ0) is 17.4. The van der Waals surface area contributed by atoms with Crippen LogP contribution >= 0.6 is 0 Å². The van der Waals surface area contributed by atoms with E-state index in [9.17, 15) is 9.59 Å². The van der Waals surface area contributed by atoms with Crippen molar-refractivity contribution in [3.63, 3.8) is 0 Å². The number of aliphatic hydroxyl groups excluding tert-OH is 1. The fourth-order valence-corrected chi connectivity index (χ4v) is 2.07. The summed E-state index contributed by atoms with van der Waals surface area (Å²) in [6.45, 7) is -0.584. The predicted octanol–water partition coefficient (Wildman–Crippen LogP) is 0.773. The van der Waals surface area contributed by atoms with Gasteiger partial charge >= 0.3 is 5.69 Å². The van der Waals surface area contributed by atoms with Crippen LogP contribution in [0.25, 0.3) is 10.4 Å². The minimum absolute atomic E-state index is 0.0536. The van der Waals surface area contributed by atoms with Gasteiger partial charge in [-0.25, -0.2) is 4.79 Å². The van der Waals surface area contributed by atoms with Gasteiger partial charge in [0, 0.05) is 23.1 Å². The highest BCUT2D eigenvalue weighted by molar-refractivity contribution is 5.22. The maximum absolute atomic E-state index is 11.9. The summed E-state index contributed by atoms with van der Waals surface area (Å²) in [6.07, 6.45) is 1.08. The molecule has 9 heteroatoms. The van der Waals surface area contributed by atoms with E-state index in [4.69, 9.17) is 15.4 Å². The van der Waals surface area contributed by atoms with Crippen molar-refractivity contribution in [2.24, 2.45) is 5.11 Å². The van der Waals surface area contributed by atoms with Crippen LogP contribution in [0.3, 0.4) is 0 Å². The van der Waals surface area contributed by atoms with Gasteiger partial charge in [0.25, 0.3) is 5.56 Å². The lowest BCUT2D eigenvalue weighted by molar-refractivity contribution is -0.0199.